The SMILES string of the molecule is CN(CCOc1ccc(F)cc1)CC(=O)NCCc1nc2ccccc2s1. The van der Waals surface area contributed by atoms with Gasteiger partial charge < -0.3 is 10.1 Å². The van der Waals surface area contributed by atoms with Crippen molar-refractivity contribution in [2.45, 2.75) is 6.42 Å². The van der Waals surface area contributed by atoms with E-state index >= 15 is 0 Å². The second-order valence-corrected chi connectivity index (χ2v) is 7.33. The molecule has 0 aliphatic heterocycles. The van der Waals surface area contributed by atoms with E-state index in [1.165, 1.54) is 16.8 Å². The number of carbonyl (C=O) groups is 1. The number of carbonyl (C=O) groups excluding carboxylic acids is 1. The van der Waals surface area contributed by atoms with Crippen LogP contribution in [0.3, 0.4) is 0 Å². The molecule has 0 bridgehead atoms. The maximum absolute atomic E-state index is 12.8. The number of amides is 1. The van der Waals surface area contributed by atoms with Crippen LogP contribution < -0.4 is 10.1 Å². The summed E-state index contributed by atoms with van der Waals surface area (Å²) < 4.78 is 19.5. The smallest absolute Gasteiger partial charge is 0.234 e. The van der Waals surface area contributed by atoms with Crippen LogP contribution >= 0.6 is 11.3 Å². The zero-order valence-electron chi connectivity index (χ0n) is 15.2. The normalized spacial score (nSPS) is 11.1. The molecular weight excluding hydrogens is 365 g/mol. The summed E-state index contributed by atoms with van der Waals surface area (Å²) in [5.41, 5.74) is 1.00. The van der Waals surface area contributed by atoms with Gasteiger partial charge in [0.15, 0.2) is 0 Å². The predicted octanol–water partition coefficient (Wildman–Crippen LogP) is 3.10. The number of ether oxygens (including phenoxy) is 1. The van der Waals surface area contributed by atoms with Crippen LogP contribution in [-0.4, -0.2) is 49.1 Å². The molecule has 0 spiro atoms. The highest BCUT2D eigenvalue weighted by atomic mass is 32.1. The Morgan fingerprint density at radius 3 is 2.78 bits per heavy atom. The van der Waals surface area contributed by atoms with E-state index in [1.54, 1.807) is 23.5 Å². The molecule has 0 unspecified atom stereocenters. The number of hydrogen-bond donors (Lipinski definition) is 1. The first-order chi connectivity index (χ1) is 13.1. The van der Waals surface area contributed by atoms with E-state index in [-0.39, 0.29) is 11.7 Å². The summed E-state index contributed by atoms with van der Waals surface area (Å²) >= 11 is 1.66. The first-order valence-corrected chi connectivity index (χ1v) is 9.60. The molecule has 1 heterocycles. The van der Waals surface area contributed by atoms with Gasteiger partial charge in [-0.1, -0.05) is 12.1 Å². The van der Waals surface area contributed by atoms with Crippen LogP contribution in [0.1, 0.15) is 5.01 Å². The van der Waals surface area contributed by atoms with Gasteiger partial charge in [-0.25, -0.2) is 9.37 Å². The largest absolute Gasteiger partial charge is 0.492 e. The number of halogens is 1. The monoisotopic (exact) mass is 387 g/mol. The molecule has 0 fully saturated rings. The lowest BCUT2D eigenvalue weighted by atomic mass is 10.3. The highest BCUT2D eigenvalue weighted by Crippen LogP contribution is 2.21. The molecule has 0 saturated heterocycles. The summed E-state index contributed by atoms with van der Waals surface area (Å²) in [5.74, 6) is 0.299. The average molecular weight is 387 g/mol. The molecule has 0 saturated carbocycles. The number of nitrogens with zero attached hydrogens (tertiary/aromatic N) is 2. The van der Waals surface area contributed by atoms with Crippen molar-refractivity contribution in [1.29, 1.82) is 0 Å². The molecule has 3 aromatic rings. The minimum absolute atomic E-state index is 0.0274. The second kappa shape index (κ2) is 9.43. The van der Waals surface area contributed by atoms with Gasteiger partial charge in [-0.05, 0) is 43.4 Å². The number of nitrogens with one attached hydrogen (secondary N) is 1. The summed E-state index contributed by atoms with van der Waals surface area (Å²) in [4.78, 5) is 18.5. The summed E-state index contributed by atoms with van der Waals surface area (Å²) in [6.45, 7) is 1.90. The topological polar surface area (TPSA) is 54.5 Å². The van der Waals surface area contributed by atoms with Crippen LogP contribution in [-0.2, 0) is 11.2 Å². The van der Waals surface area contributed by atoms with Gasteiger partial charge in [0, 0.05) is 19.5 Å². The number of hydrogen-bond acceptors (Lipinski definition) is 5. The predicted molar refractivity (Wildman–Crippen MR) is 106 cm³/mol. The molecule has 7 heteroatoms. The summed E-state index contributed by atoms with van der Waals surface area (Å²) in [7, 11) is 1.86. The van der Waals surface area contributed by atoms with Gasteiger partial charge in [0.1, 0.15) is 18.2 Å². The van der Waals surface area contributed by atoms with Crippen LogP contribution in [0.15, 0.2) is 48.5 Å². The maximum Gasteiger partial charge on any atom is 0.234 e. The molecular formula is C20H22FN3O2S. The highest BCUT2D eigenvalue weighted by Gasteiger charge is 2.08. The molecule has 1 aromatic heterocycles. The van der Waals surface area contributed by atoms with E-state index in [9.17, 15) is 9.18 Å². The van der Waals surface area contributed by atoms with Crippen molar-refractivity contribution in [1.82, 2.24) is 15.2 Å². The molecule has 3 rings (SSSR count). The summed E-state index contributed by atoms with van der Waals surface area (Å²) in [5, 5.41) is 3.95. The van der Waals surface area contributed by atoms with Crippen molar-refractivity contribution < 1.29 is 13.9 Å². The number of rotatable bonds is 9. The van der Waals surface area contributed by atoms with Crippen LogP contribution in [0.2, 0.25) is 0 Å². The van der Waals surface area contributed by atoms with Crippen molar-refractivity contribution in [3.8, 4) is 5.75 Å². The standard InChI is InChI=1S/C20H22FN3O2S/c1-24(12-13-26-16-8-6-15(21)7-9-16)14-19(25)22-11-10-20-23-17-4-2-3-5-18(17)27-20/h2-9H,10-14H2,1H3,(H,22,25). The van der Waals surface area contributed by atoms with Gasteiger partial charge in [-0.15, -0.1) is 11.3 Å². The average Bonchev–Trinajstić information content (AvgIpc) is 3.06. The Hall–Kier alpha value is -2.51. The molecule has 1 N–H and O–H groups in total. The zero-order valence-corrected chi connectivity index (χ0v) is 16.0. The van der Waals surface area contributed by atoms with E-state index in [1.807, 2.05) is 30.1 Å². The van der Waals surface area contributed by atoms with Crippen molar-refractivity contribution in [2.75, 3.05) is 33.3 Å². The Morgan fingerprint density at radius 2 is 2.00 bits per heavy atom. The molecule has 0 radical (unpaired) electrons. The van der Waals surface area contributed by atoms with E-state index in [0.717, 1.165) is 16.9 Å². The third kappa shape index (κ3) is 6.01. The number of para-hydroxylation sites is 1. The summed E-state index contributed by atoms with van der Waals surface area (Å²) in [6.07, 6.45) is 0.725. The first kappa shape index (κ1) is 19.3. The molecule has 1 amide bonds. The minimum Gasteiger partial charge on any atom is -0.492 e. The van der Waals surface area contributed by atoms with E-state index in [0.29, 0.717) is 32.0 Å². The lowest BCUT2D eigenvalue weighted by molar-refractivity contribution is -0.121. The van der Waals surface area contributed by atoms with Gasteiger partial charge in [-0.3, -0.25) is 9.69 Å². The lowest BCUT2D eigenvalue weighted by Crippen LogP contribution is -2.37. The third-order valence-electron chi connectivity index (χ3n) is 3.97. The molecule has 2 aromatic carbocycles. The molecule has 0 aliphatic carbocycles. The van der Waals surface area contributed by atoms with Crippen LogP contribution in [0, 0.1) is 5.82 Å². The number of aromatic nitrogens is 1. The van der Waals surface area contributed by atoms with Crippen LogP contribution in [0.5, 0.6) is 5.75 Å². The van der Waals surface area contributed by atoms with E-state index < -0.39 is 0 Å². The maximum atomic E-state index is 12.8. The fraction of sp³-hybridized carbons (Fsp3) is 0.300. The zero-order chi connectivity index (χ0) is 19.1. The van der Waals surface area contributed by atoms with E-state index in [2.05, 4.69) is 16.4 Å². The van der Waals surface area contributed by atoms with Crippen molar-refractivity contribution in [2.24, 2.45) is 0 Å². The number of thiazole rings is 1. The quantitative estimate of drug-likeness (QED) is 0.613. The lowest BCUT2D eigenvalue weighted by Gasteiger charge is -2.16. The number of benzene rings is 2. The van der Waals surface area contributed by atoms with Crippen LogP contribution in [0.4, 0.5) is 4.39 Å². The third-order valence-corrected chi connectivity index (χ3v) is 5.06. The molecule has 0 aliphatic rings. The Kier molecular flexibility index (Phi) is 6.73. The molecule has 0 atom stereocenters. The first-order valence-electron chi connectivity index (χ1n) is 8.78. The van der Waals surface area contributed by atoms with Crippen molar-refractivity contribution in [3.05, 3.63) is 59.4 Å². The van der Waals surface area contributed by atoms with Gasteiger partial charge in [0.25, 0.3) is 0 Å². The van der Waals surface area contributed by atoms with Gasteiger partial charge in [-0.2, -0.15) is 0 Å². The van der Waals surface area contributed by atoms with Crippen molar-refractivity contribution >= 4 is 27.5 Å². The number of likely N-dealkylation sites (N-methyl/N-ethyl adjacent to an activating group) is 1. The van der Waals surface area contributed by atoms with Gasteiger partial charge in [0.2, 0.25) is 5.91 Å². The van der Waals surface area contributed by atoms with E-state index in [4.69, 9.17) is 4.74 Å². The fourth-order valence-electron chi connectivity index (χ4n) is 2.57. The minimum atomic E-state index is -0.290. The Morgan fingerprint density at radius 1 is 1.22 bits per heavy atom. The Bertz CT molecular complexity index is 849. The Balaban J connectivity index is 1.32. The molecule has 27 heavy (non-hydrogen) atoms. The fourth-order valence-corrected chi connectivity index (χ4v) is 3.53. The molecule has 5 nitrogen and oxygen atoms in total. The second-order valence-electron chi connectivity index (χ2n) is 6.22. The van der Waals surface area contributed by atoms with Gasteiger partial charge >= 0.3 is 0 Å². The van der Waals surface area contributed by atoms with Crippen LogP contribution in [0.25, 0.3) is 10.2 Å². The van der Waals surface area contributed by atoms with Crippen molar-refractivity contribution in [3.63, 3.8) is 0 Å². The van der Waals surface area contributed by atoms with Gasteiger partial charge in [0.05, 0.1) is 21.8 Å². The number of fused-ring (bicyclic) bond motifs is 1. The molecule has 142 valence electrons. The highest BCUT2D eigenvalue weighted by molar-refractivity contribution is 7.18. The Labute approximate surface area is 161 Å². The summed E-state index contributed by atoms with van der Waals surface area (Å²) in [6, 6.07) is 13.9.